The van der Waals surface area contributed by atoms with Gasteiger partial charge in [0.15, 0.2) is 0 Å². The first-order valence-corrected chi connectivity index (χ1v) is 8.86. The van der Waals surface area contributed by atoms with Gasteiger partial charge in [-0.3, -0.25) is 0 Å². The number of aromatic nitrogens is 2. The highest BCUT2D eigenvalue weighted by atomic mass is 35.5. The molecule has 0 spiro atoms. The van der Waals surface area contributed by atoms with Gasteiger partial charge in [-0.25, -0.2) is 4.68 Å². The Bertz CT molecular complexity index is 903. The molecule has 0 aliphatic heterocycles. The number of benzene rings is 2. The molecule has 1 aromatic heterocycles. The Morgan fingerprint density at radius 1 is 1.11 bits per heavy atom. The smallest absolute Gasteiger partial charge is 0.324 e. The van der Waals surface area contributed by atoms with Gasteiger partial charge >= 0.3 is 6.18 Å². The van der Waals surface area contributed by atoms with Crippen LogP contribution in [0.15, 0.2) is 60.8 Å². The zero-order chi connectivity index (χ0) is 19.6. The van der Waals surface area contributed by atoms with Crippen LogP contribution in [0.4, 0.5) is 13.2 Å². The van der Waals surface area contributed by atoms with E-state index in [2.05, 4.69) is 5.10 Å². The van der Waals surface area contributed by atoms with Crippen LogP contribution in [0.1, 0.15) is 42.1 Å². The van der Waals surface area contributed by atoms with E-state index >= 15 is 0 Å². The fourth-order valence-corrected chi connectivity index (χ4v) is 3.12. The van der Waals surface area contributed by atoms with E-state index in [1.807, 2.05) is 31.2 Å². The van der Waals surface area contributed by atoms with Gasteiger partial charge in [0.25, 0.3) is 0 Å². The first kappa shape index (κ1) is 19.5. The van der Waals surface area contributed by atoms with E-state index in [4.69, 9.17) is 17.3 Å². The van der Waals surface area contributed by atoms with E-state index in [-0.39, 0.29) is 12.0 Å². The van der Waals surface area contributed by atoms with Crippen LogP contribution in [0.25, 0.3) is 5.69 Å². The molecular formula is C20H19ClF3N3. The first-order chi connectivity index (χ1) is 12.7. The number of halogens is 4. The molecule has 0 aliphatic carbocycles. The molecular weight excluding hydrogens is 375 g/mol. The monoisotopic (exact) mass is 393 g/mol. The molecule has 0 amide bonds. The summed E-state index contributed by atoms with van der Waals surface area (Å²) in [5.41, 5.74) is 7.95. The molecule has 7 heteroatoms. The van der Waals surface area contributed by atoms with Crippen molar-refractivity contribution in [3.8, 4) is 5.69 Å². The van der Waals surface area contributed by atoms with Crippen molar-refractivity contribution >= 4 is 11.6 Å². The van der Waals surface area contributed by atoms with Crippen molar-refractivity contribution in [3.63, 3.8) is 0 Å². The summed E-state index contributed by atoms with van der Waals surface area (Å²) in [5.74, 6) is 0.0784. The topological polar surface area (TPSA) is 43.8 Å². The summed E-state index contributed by atoms with van der Waals surface area (Å²) in [5, 5.41) is 5.13. The van der Waals surface area contributed by atoms with Gasteiger partial charge in [0.1, 0.15) is 0 Å². The highest BCUT2D eigenvalue weighted by molar-refractivity contribution is 6.30. The van der Waals surface area contributed by atoms with Crippen molar-refractivity contribution in [2.45, 2.75) is 31.5 Å². The Balaban J connectivity index is 1.71. The van der Waals surface area contributed by atoms with E-state index in [1.165, 1.54) is 12.1 Å². The van der Waals surface area contributed by atoms with E-state index in [9.17, 15) is 13.2 Å². The van der Waals surface area contributed by atoms with Gasteiger partial charge in [-0.05, 0) is 54.4 Å². The Morgan fingerprint density at radius 2 is 1.81 bits per heavy atom. The van der Waals surface area contributed by atoms with Crippen molar-refractivity contribution in [3.05, 3.63) is 82.6 Å². The molecule has 3 rings (SSSR count). The van der Waals surface area contributed by atoms with Crippen LogP contribution < -0.4 is 5.73 Å². The predicted octanol–water partition coefficient (Wildman–Crippen LogP) is 5.74. The molecule has 3 aromatic rings. The van der Waals surface area contributed by atoms with Crippen LogP contribution >= 0.6 is 11.6 Å². The Morgan fingerprint density at radius 3 is 2.44 bits per heavy atom. The lowest BCUT2D eigenvalue weighted by molar-refractivity contribution is -0.137. The molecule has 0 aliphatic rings. The average molecular weight is 394 g/mol. The third kappa shape index (κ3) is 4.70. The van der Waals surface area contributed by atoms with E-state index in [0.717, 1.165) is 23.4 Å². The summed E-state index contributed by atoms with van der Waals surface area (Å²) >= 11 is 6.01. The third-order valence-corrected chi connectivity index (χ3v) is 4.69. The molecule has 2 N–H and O–H groups in total. The predicted molar refractivity (Wildman–Crippen MR) is 100.0 cm³/mol. The van der Waals surface area contributed by atoms with Crippen LogP contribution in [0, 0.1) is 0 Å². The summed E-state index contributed by atoms with van der Waals surface area (Å²) in [6, 6.07) is 14.0. The Kier molecular flexibility index (Phi) is 5.58. The maximum absolute atomic E-state index is 12.7. The minimum absolute atomic E-state index is 0.0784. The van der Waals surface area contributed by atoms with Gasteiger partial charge in [0, 0.05) is 23.2 Å². The number of hydrogen-bond donors (Lipinski definition) is 1. The highest BCUT2D eigenvalue weighted by Gasteiger charge is 2.30. The second-order valence-corrected chi connectivity index (χ2v) is 6.96. The number of nitrogens with two attached hydrogens (primary N) is 1. The van der Waals surface area contributed by atoms with Gasteiger partial charge < -0.3 is 5.73 Å². The lowest BCUT2D eigenvalue weighted by atomic mass is 9.94. The summed E-state index contributed by atoms with van der Waals surface area (Å²) < 4.78 is 39.6. The third-order valence-electron chi connectivity index (χ3n) is 4.46. The van der Waals surface area contributed by atoms with Gasteiger partial charge in [0.05, 0.1) is 16.9 Å². The fraction of sp³-hybridized carbons (Fsp3) is 0.250. The molecule has 1 unspecified atom stereocenters. The van der Waals surface area contributed by atoms with E-state index in [0.29, 0.717) is 17.1 Å². The summed E-state index contributed by atoms with van der Waals surface area (Å²) in [4.78, 5) is 0. The molecule has 0 saturated carbocycles. The van der Waals surface area contributed by atoms with Gasteiger partial charge in [-0.1, -0.05) is 30.7 Å². The molecule has 0 saturated heterocycles. The molecule has 3 nitrogen and oxygen atoms in total. The average Bonchev–Trinajstić information content (AvgIpc) is 3.11. The molecule has 2 atom stereocenters. The SMILES string of the molecule is CC(C[C@@H](N)c1cccc(Cl)c1)c1ccn(-c2ccc(C(F)(F)F)cc2)n1. The standard InChI is InChI=1S/C20H19ClF3N3/c1-13(11-18(25)14-3-2-4-16(21)12-14)19-9-10-27(26-19)17-7-5-15(6-8-17)20(22,23)24/h2-10,12-13,18H,11,25H2,1H3/t13?,18-/m1/s1. The van der Waals surface area contributed by atoms with Crippen LogP contribution in [0.5, 0.6) is 0 Å². The minimum Gasteiger partial charge on any atom is -0.324 e. The summed E-state index contributed by atoms with van der Waals surface area (Å²) in [6.07, 6.45) is -1.94. The quantitative estimate of drug-likeness (QED) is 0.600. The summed E-state index contributed by atoms with van der Waals surface area (Å²) in [6.45, 7) is 2.02. The van der Waals surface area contributed by atoms with Crippen molar-refractivity contribution in [2.75, 3.05) is 0 Å². The molecule has 0 radical (unpaired) electrons. The first-order valence-electron chi connectivity index (χ1n) is 8.48. The summed E-state index contributed by atoms with van der Waals surface area (Å²) in [7, 11) is 0. The van der Waals surface area contributed by atoms with Crippen LogP contribution in [-0.4, -0.2) is 9.78 Å². The number of alkyl halides is 3. The number of hydrogen-bond acceptors (Lipinski definition) is 2. The van der Waals surface area contributed by atoms with E-state index < -0.39 is 11.7 Å². The Labute approximate surface area is 160 Å². The van der Waals surface area contributed by atoms with Crippen LogP contribution in [0.3, 0.4) is 0 Å². The van der Waals surface area contributed by atoms with Crippen molar-refractivity contribution < 1.29 is 13.2 Å². The fourth-order valence-electron chi connectivity index (χ4n) is 2.92. The molecule has 1 heterocycles. The van der Waals surface area contributed by atoms with Gasteiger partial charge in [-0.15, -0.1) is 0 Å². The van der Waals surface area contributed by atoms with E-state index in [1.54, 1.807) is 16.9 Å². The zero-order valence-electron chi connectivity index (χ0n) is 14.6. The van der Waals surface area contributed by atoms with Crippen molar-refractivity contribution in [2.24, 2.45) is 5.73 Å². The molecule has 2 aromatic carbocycles. The maximum Gasteiger partial charge on any atom is 0.416 e. The van der Waals surface area contributed by atoms with Crippen molar-refractivity contribution in [1.82, 2.24) is 9.78 Å². The molecule has 0 fully saturated rings. The molecule has 0 bridgehead atoms. The largest absolute Gasteiger partial charge is 0.416 e. The highest BCUT2D eigenvalue weighted by Crippen LogP contribution is 2.30. The van der Waals surface area contributed by atoms with Crippen molar-refractivity contribution in [1.29, 1.82) is 0 Å². The minimum atomic E-state index is -4.35. The van der Waals surface area contributed by atoms with Gasteiger partial charge in [0.2, 0.25) is 0 Å². The number of rotatable bonds is 5. The normalized spacial score (nSPS) is 14.1. The zero-order valence-corrected chi connectivity index (χ0v) is 15.4. The number of nitrogens with zero attached hydrogens (tertiary/aromatic N) is 2. The Hall–Kier alpha value is -2.31. The maximum atomic E-state index is 12.7. The van der Waals surface area contributed by atoms with Crippen LogP contribution in [0.2, 0.25) is 5.02 Å². The van der Waals surface area contributed by atoms with Crippen LogP contribution in [-0.2, 0) is 6.18 Å². The second kappa shape index (κ2) is 7.74. The lowest BCUT2D eigenvalue weighted by Crippen LogP contribution is -2.13. The molecule has 142 valence electrons. The van der Waals surface area contributed by atoms with Gasteiger partial charge in [-0.2, -0.15) is 18.3 Å². The lowest BCUT2D eigenvalue weighted by Gasteiger charge is -2.16. The second-order valence-electron chi connectivity index (χ2n) is 6.53. The molecule has 27 heavy (non-hydrogen) atoms.